The number of nitrogens with two attached hydrogens (primary N) is 2. The summed E-state index contributed by atoms with van der Waals surface area (Å²) in [6.07, 6.45) is -4.67. The van der Waals surface area contributed by atoms with Gasteiger partial charge in [0.25, 0.3) is 5.56 Å². The topological polar surface area (TPSA) is 274 Å². The lowest BCUT2D eigenvalue weighted by atomic mass is 10.0. The van der Waals surface area contributed by atoms with Gasteiger partial charge in [-0.3, -0.25) is 28.0 Å². The van der Waals surface area contributed by atoms with E-state index in [2.05, 4.69) is 29.9 Å². The molecule has 41 heavy (non-hydrogen) atoms. The zero-order valence-electron chi connectivity index (χ0n) is 21.4. The van der Waals surface area contributed by atoms with E-state index in [1.54, 1.807) is 6.92 Å². The van der Waals surface area contributed by atoms with Gasteiger partial charge in [-0.25, -0.2) is 19.9 Å². The van der Waals surface area contributed by atoms with Crippen LogP contribution >= 0.6 is 7.60 Å². The Morgan fingerprint density at radius 3 is 2.73 bits per heavy atom. The maximum Gasteiger partial charge on any atom is 0.354 e. The quantitative estimate of drug-likeness (QED) is 0.152. The van der Waals surface area contributed by atoms with Crippen LogP contribution in [-0.2, 0) is 23.3 Å². The molecule has 2 aliphatic heterocycles. The minimum absolute atomic E-state index is 0.0180. The molecule has 8 atom stereocenters. The summed E-state index contributed by atoms with van der Waals surface area (Å²) in [5.41, 5.74) is 11.4. The Morgan fingerprint density at radius 2 is 1.93 bits per heavy atom. The molecule has 7 unspecified atom stereocenters. The molecular weight excluding hydrogens is 567 g/mol. The number of aromatic nitrogens is 8. The van der Waals surface area contributed by atoms with Gasteiger partial charge < -0.3 is 40.8 Å². The average molecular weight is 594 g/mol. The van der Waals surface area contributed by atoms with Crippen LogP contribution in [0.5, 0.6) is 0 Å². The minimum Gasteiger partial charge on any atom is -0.385 e. The number of aliphatic hydroxyl groups excluding tert-OH is 2. The van der Waals surface area contributed by atoms with Crippen molar-refractivity contribution in [2.24, 2.45) is 5.92 Å². The number of anilines is 2. The first-order valence-corrected chi connectivity index (χ1v) is 14.2. The van der Waals surface area contributed by atoms with E-state index >= 15 is 0 Å². The Balaban J connectivity index is 1.25. The van der Waals surface area contributed by atoms with Crippen LogP contribution in [0.4, 0.5) is 11.8 Å². The second-order valence-corrected chi connectivity index (χ2v) is 11.6. The number of nitrogens with one attached hydrogen (secondary N) is 1. The van der Waals surface area contributed by atoms with E-state index in [0.29, 0.717) is 11.2 Å². The summed E-state index contributed by atoms with van der Waals surface area (Å²) in [5.74, 6) is -0.439. The van der Waals surface area contributed by atoms with Crippen molar-refractivity contribution < 1.29 is 38.4 Å². The largest absolute Gasteiger partial charge is 0.385 e. The molecular formula is C21H27N10O9P. The van der Waals surface area contributed by atoms with Crippen LogP contribution in [0.2, 0.25) is 0 Å². The van der Waals surface area contributed by atoms with Gasteiger partial charge in [0.2, 0.25) is 5.95 Å². The molecule has 2 fully saturated rings. The van der Waals surface area contributed by atoms with Gasteiger partial charge in [0, 0.05) is 6.61 Å². The fraction of sp³-hybridized carbons (Fsp3) is 0.524. The summed E-state index contributed by atoms with van der Waals surface area (Å²) in [7, 11) is -4.54. The maximum absolute atomic E-state index is 13.1. The molecule has 0 amide bonds. The summed E-state index contributed by atoms with van der Waals surface area (Å²) in [6, 6.07) is 0. The second kappa shape index (κ2) is 10.4. The highest BCUT2D eigenvalue weighted by Gasteiger charge is 2.48. The van der Waals surface area contributed by atoms with Gasteiger partial charge >= 0.3 is 7.60 Å². The molecule has 8 N–H and O–H groups in total. The molecule has 0 aromatic carbocycles. The lowest BCUT2D eigenvalue weighted by Gasteiger charge is -2.28. The summed E-state index contributed by atoms with van der Waals surface area (Å²) in [5, 5.41) is 22.3. The van der Waals surface area contributed by atoms with Crippen LogP contribution in [0.3, 0.4) is 0 Å². The summed E-state index contributed by atoms with van der Waals surface area (Å²) in [6.45, 7) is 1.78. The lowest BCUT2D eigenvalue weighted by molar-refractivity contribution is -0.179. The van der Waals surface area contributed by atoms with E-state index in [4.69, 9.17) is 30.2 Å². The molecule has 4 aromatic heterocycles. The number of rotatable bonds is 3. The van der Waals surface area contributed by atoms with Crippen molar-refractivity contribution in [3.63, 3.8) is 0 Å². The molecule has 6 heterocycles. The summed E-state index contributed by atoms with van der Waals surface area (Å²) >= 11 is 0. The van der Waals surface area contributed by atoms with Crippen LogP contribution in [0.1, 0.15) is 25.8 Å². The Bertz CT molecular complexity index is 1690. The standard InChI is InChI=1S/C21H27N10O9P/c1-8-2-9(18(34)30-5-27-11-16(30)28-21(23)29-17(11)33)40-41(35,36)7-38-20-13(37-3-8)12(32)19(39-20)31-6-26-10-14(22)24-4-25-15(10)31/h4-6,8-9,12-13,18-20,32,34H,2-3,7H2,1H3,(H,35,36)(H2,22,24,25)(H3,23,28,29,33)/t8?,9-,12?,13?,18?,19?,20?/m0/s1. The molecule has 4 aromatic rings. The molecule has 0 radical (unpaired) electrons. The fourth-order valence-electron chi connectivity index (χ4n) is 4.90. The zero-order valence-corrected chi connectivity index (χ0v) is 22.3. The van der Waals surface area contributed by atoms with Gasteiger partial charge in [0.1, 0.15) is 30.2 Å². The Kier molecular flexibility index (Phi) is 6.99. The molecule has 2 aliphatic rings. The van der Waals surface area contributed by atoms with Crippen LogP contribution in [-0.4, -0.2) is 91.7 Å². The number of aliphatic hydroxyl groups is 2. The van der Waals surface area contributed by atoms with E-state index in [-0.39, 0.29) is 41.9 Å². The Labute approximate surface area is 229 Å². The van der Waals surface area contributed by atoms with E-state index < -0.39 is 56.6 Å². The van der Waals surface area contributed by atoms with Crippen LogP contribution in [0.25, 0.3) is 22.3 Å². The van der Waals surface area contributed by atoms with E-state index in [1.165, 1.54) is 17.2 Å². The highest BCUT2D eigenvalue weighted by Crippen LogP contribution is 2.48. The van der Waals surface area contributed by atoms with E-state index in [9.17, 15) is 24.5 Å². The Morgan fingerprint density at radius 1 is 1.15 bits per heavy atom. The fourth-order valence-corrected chi connectivity index (χ4v) is 5.92. The first-order chi connectivity index (χ1) is 19.5. The van der Waals surface area contributed by atoms with Crippen molar-refractivity contribution in [2.45, 2.75) is 50.4 Å². The van der Waals surface area contributed by atoms with Crippen molar-refractivity contribution in [1.82, 2.24) is 39.0 Å². The molecule has 19 nitrogen and oxygen atoms in total. The Hall–Kier alpha value is -3.55. The molecule has 0 bridgehead atoms. The van der Waals surface area contributed by atoms with Gasteiger partial charge in [-0.05, 0) is 12.3 Å². The molecule has 220 valence electrons. The smallest absolute Gasteiger partial charge is 0.354 e. The number of hydrogen-bond acceptors (Lipinski definition) is 15. The predicted molar refractivity (Wildman–Crippen MR) is 138 cm³/mol. The van der Waals surface area contributed by atoms with Crippen molar-refractivity contribution in [1.29, 1.82) is 0 Å². The number of aromatic amines is 1. The highest BCUT2D eigenvalue weighted by molar-refractivity contribution is 7.52. The van der Waals surface area contributed by atoms with E-state index in [1.807, 2.05) is 0 Å². The third kappa shape index (κ3) is 5.06. The van der Waals surface area contributed by atoms with Gasteiger partial charge in [-0.2, -0.15) is 4.98 Å². The minimum atomic E-state index is -4.54. The van der Waals surface area contributed by atoms with Crippen molar-refractivity contribution >= 4 is 41.7 Å². The summed E-state index contributed by atoms with van der Waals surface area (Å²) in [4.78, 5) is 45.3. The third-order valence-corrected chi connectivity index (χ3v) is 7.89. The van der Waals surface area contributed by atoms with Crippen LogP contribution in [0, 0.1) is 5.92 Å². The van der Waals surface area contributed by atoms with E-state index in [0.717, 1.165) is 10.9 Å². The third-order valence-electron chi connectivity index (χ3n) is 6.81. The maximum atomic E-state index is 13.1. The molecule has 0 saturated carbocycles. The van der Waals surface area contributed by atoms with Gasteiger partial charge in [0.05, 0.1) is 12.7 Å². The molecule has 6 rings (SSSR count). The van der Waals surface area contributed by atoms with Crippen molar-refractivity contribution in [2.75, 3.05) is 24.4 Å². The number of H-pyrrole nitrogens is 1. The zero-order chi connectivity index (χ0) is 29.1. The second-order valence-electron chi connectivity index (χ2n) is 9.87. The monoisotopic (exact) mass is 594 g/mol. The van der Waals surface area contributed by atoms with Gasteiger partial charge in [-0.1, -0.05) is 6.92 Å². The SMILES string of the molecule is CC1COC2C(OCP(=O)(O)O[C@H](C(O)n3cnc4c(=O)[nH]c(N)nc43)C1)OC(n1cnc3c(N)ncnc31)C2O. The van der Waals surface area contributed by atoms with Crippen molar-refractivity contribution in [3.05, 3.63) is 29.3 Å². The van der Waals surface area contributed by atoms with Crippen LogP contribution in [0.15, 0.2) is 23.8 Å². The average Bonchev–Trinajstić information content (AvgIpc) is 3.61. The number of hydrogen-bond donors (Lipinski definition) is 6. The molecule has 0 aliphatic carbocycles. The first-order valence-electron chi connectivity index (χ1n) is 12.4. The molecule has 20 heteroatoms. The number of nitrogens with zero attached hydrogens (tertiary/aromatic N) is 7. The lowest BCUT2D eigenvalue weighted by Crippen LogP contribution is -2.37. The molecule has 2 saturated heterocycles. The van der Waals surface area contributed by atoms with Crippen LogP contribution < -0.4 is 17.0 Å². The number of imidazole rings is 2. The summed E-state index contributed by atoms with van der Waals surface area (Å²) < 4.78 is 38.7. The number of ether oxygens (including phenoxy) is 3. The molecule has 0 spiro atoms. The predicted octanol–water partition coefficient (Wildman–Crippen LogP) is -1.20. The van der Waals surface area contributed by atoms with Gasteiger partial charge in [0.15, 0.2) is 47.7 Å². The number of fused-ring (bicyclic) bond motifs is 3. The van der Waals surface area contributed by atoms with Crippen molar-refractivity contribution in [3.8, 4) is 0 Å². The normalized spacial score (nSPS) is 32.1. The number of nitrogen functional groups attached to an aromatic ring is 2. The first kappa shape index (κ1) is 27.6. The van der Waals surface area contributed by atoms with Gasteiger partial charge in [-0.15, -0.1) is 0 Å². The highest BCUT2D eigenvalue weighted by atomic mass is 31.2.